The number of rotatable bonds is 4. The third kappa shape index (κ3) is 3.70. The van der Waals surface area contributed by atoms with Gasteiger partial charge in [-0.05, 0) is 35.8 Å². The molecule has 1 N–H and O–H groups in total. The van der Waals surface area contributed by atoms with Gasteiger partial charge in [-0.1, -0.05) is 6.92 Å². The van der Waals surface area contributed by atoms with E-state index in [4.69, 9.17) is 4.74 Å². The number of urea groups is 1. The zero-order chi connectivity index (χ0) is 17.8. The number of aromatic nitrogens is 5. The highest BCUT2D eigenvalue weighted by molar-refractivity contribution is 5.90. The van der Waals surface area contributed by atoms with Crippen LogP contribution in [0.3, 0.4) is 0 Å². The van der Waals surface area contributed by atoms with Crippen LogP contribution in [0.5, 0.6) is 5.88 Å². The number of ether oxygens (including phenoxy) is 1. The van der Waals surface area contributed by atoms with Crippen LogP contribution in [0.2, 0.25) is 0 Å². The number of aryl methyl sites for hydroxylation is 2. The molecule has 1 fully saturated rings. The highest BCUT2D eigenvalue weighted by Gasteiger charge is 2.27. The fraction of sp³-hybridized carbons (Fsp3) is 0.562. The van der Waals surface area contributed by atoms with Gasteiger partial charge in [0.1, 0.15) is 0 Å². The number of amides is 2. The first-order valence-electron chi connectivity index (χ1n) is 8.44. The Bertz CT molecular complexity index is 738. The van der Waals surface area contributed by atoms with Crippen LogP contribution in [-0.2, 0) is 13.5 Å². The molecular weight excluding hydrogens is 322 g/mol. The van der Waals surface area contributed by atoms with Crippen LogP contribution in [0, 0.1) is 0 Å². The van der Waals surface area contributed by atoms with Gasteiger partial charge >= 0.3 is 6.03 Å². The lowest BCUT2D eigenvalue weighted by Crippen LogP contribution is -2.41. The van der Waals surface area contributed by atoms with E-state index in [1.54, 1.807) is 17.9 Å². The van der Waals surface area contributed by atoms with Gasteiger partial charge in [0, 0.05) is 32.1 Å². The maximum Gasteiger partial charge on any atom is 0.321 e. The van der Waals surface area contributed by atoms with Crippen LogP contribution < -0.4 is 10.1 Å². The molecule has 0 bridgehead atoms. The molecule has 9 nitrogen and oxygen atoms in total. The Morgan fingerprint density at radius 1 is 1.36 bits per heavy atom. The number of hydrogen-bond acceptors (Lipinski definition) is 6. The van der Waals surface area contributed by atoms with Crippen molar-refractivity contribution in [2.75, 3.05) is 25.5 Å². The van der Waals surface area contributed by atoms with Gasteiger partial charge in [-0.25, -0.2) is 14.5 Å². The Hall–Kier alpha value is -2.71. The largest absolute Gasteiger partial charge is 0.481 e. The predicted octanol–water partition coefficient (Wildman–Crippen LogP) is 1.59. The molecule has 2 amide bonds. The van der Waals surface area contributed by atoms with E-state index in [1.165, 1.54) is 0 Å². The van der Waals surface area contributed by atoms with Gasteiger partial charge in [-0.2, -0.15) is 0 Å². The summed E-state index contributed by atoms with van der Waals surface area (Å²) in [5.74, 6) is 1.72. The molecule has 1 saturated heterocycles. The Morgan fingerprint density at radius 3 is 2.72 bits per heavy atom. The molecular formula is C16H23N7O2. The molecule has 1 aliphatic rings. The van der Waals surface area contributed by atoms with Gasteiger partial charge in [0.05, 0.1) is 18.5 Å². The molecule has 0 saturated carbocycles. The molecule has 9 heteroatoms. The standard InChI is InChI=1S/C16H23N7O2/c1-4-12-13(5-6-14(17-12)25-3)18-16(24)23-9-7-11(8-10-23)15-19-20-21-22(15)2/h5-6,11H,4,7-10H2,1-3H3,(H,18,24). The predicted molar refractivity (Wildman–Crippen MR) is 91.5 cm³/mol. The van der Waals surface area contributed by atoms with Crippen molar-refractivity contribution in [3.05, 3.63) is 23.7 Å². The summed E-state index contributed by atoms with van der Waals surface area (Å²) >= 11 is 0. The number of hydrogen-bond donors (Lipinski definition) is 1. The summed E-state index contributed by atoms with van der Waals surface area (Å²) < 4.78 is 6.84. The van der Waals surface area contributed by atoms with Crippen molar-refractivity contribution in [2.24, 2.45) is 7.05 Å². The first-order valence-corrected chi connectivity index (χ1v) is 8.44. The maximum absolute atomic E-state index is 12.6. The number of methoxy groups -OCH3 is 1. The van der Waals surface area contributed by atoms with Gasteiger partial charge in [0.2, 0.25) is 5.88 Å². The quantitative estimate of drug-likeness (QED) is 0.903. The summed E-state index contributed by atoms with van der Waals surface area (Å²) in [7, 11) is 3.42. The number of carbonyl (C=O) groups excluding carboxylic acids is 1. The van der Waals surface area contributed by atoms with E-state index in [0.29, 0.717) is 25.4 Å². The zero-order valence-electron chi connectivity index (χ0n) is 14.8. The number of pyridine rings is 1. The summed E-state index contributed by atoms with van der Waals surface area (Å²) in [6, 6.07) is 3.49. The molecule has 0 unspecified atom stereocenters. The summed E-state index contributed by atoms with van der Waals surface area (Å²) in [4.78, 5) is 18.8. The van der Waals surface area contributed by atoms with E-state index in [2.05, 4.69) is 25.8 Å². The molecule has 2 aromatic heterocycles. The monoisotopic (exact) mass is 345 g/mol. The lowest BCUT2D eigenvalue weighted by molar-refractivity contribution is 0.193. The van der Waals surface area contributed by atoms with E-state index in [9.17, 15) is 4.79 Å². The molecule has 0 spiro atoms. The van der Waals surface area contributed by atoms with Crippen LogP contribution in [0.25, 0.3) is 0 Å². The fourth-order valence-electron chi connectivity index (χ4n) is 3.10. The van der Waals surface area contributed by atoms with Crippen molar-refractivity contribution in [2.45, 2.75) is 32.1 Å². The SMILES string of the molecule is CCc1nc(OC)ccc1NC(=O)N1CCC(c2nnnn2C)CC1. The van der Waals surface area contributed by atoms with Crippen molar-refractivity contribution in [3.8, 4) is 5.88 Å². The average Bonchev–Trinajstić information content (AvgIpc) is 3.08. The summed E-state index contributed by atoms with van der Waals surface area (Å²) in [5, 5.41) is 14.6. The van der Waals surface area contributed by atoms with Gasteiger partial charge in [-0.3, -0.25) is 0 Å². The van der Waals surface area contributed by atoms with Crippen LogP contribution in [-0.4, -0.2) is 56.3 Å². The minimum absolute atomic E-state index is 0.101. The summed E-state index contributed by atoms with van der Waals surface area (Å²) in [6.07, 6.45) is 2.42. The van der Waals surface area contributed by atoms with Crippen LogP contribution >= 0.6 is 0 Å². The van der Waals surface area contributed by atoms with Crippen molar-refractivity contribution < 1.29 is 9.53 Å². The second-order valence-electron chi connectivity index (χ2n) is 6.05. The molecule has 25 heavy (non-hydrogen) atoms. The number of carbonyl (C=O) groups is 1. The average molecular weight is 345 g/mol. The Kier molecular flexibility index (Phi) is 5.11. The van der Waals surface area contributed by atoms with E-state index in [0.717, 1.165) is 30.0 Å². The third-order valence-corrected chi connectivity index (χ3v) is 4.53. The molecule has 3 rings (SSSR count). The second-order valence-corrected chi connectivity index (χ2v) is 6.05. The highest BCUT2D eigenvalue weighted by Crippen LogP contribution is 2.26. The molecule has 3 heterocycles. The van der Waals surface area contributed by atoms with Crippen LogP contribution in [0.15, 0.2) is 12.1 Å². The number of tetrazole rings is 1. The number of piperidine rings is 1. The van der Waals surface area contributed by atoms with Gasteiger partial charge < -0.3 is 15.0 Å². The Balaban J connectivity index is 1.61. The number of likely N-dealkylation sites (tertiary alicyclic amines) is 1. The number of anilines is 1. The molecule has 0 radical (unpaired) electrons. The van der Waals surface area contributed by atoms with Gasteiger partial charge in [0.25, 0.3) is 0 Å². The Morgan fingerprint density at radius 2 is 2.12 bits per heavy atom. The number of nitrogens with one attached hydrogen (secondary N) is 1. The molecule has 0 aromatic carbocycles. The van der Waals surface area contributed by atoms with Crippen LogP contribution in [0.4, 0.5) is 10.5 Å². The molecule has 0 atom stereocenters. The molecule has 0 aliphatic carbocycles. The minimum Gasteiger partial charge on any atom is -0.481 e. The molecule has 134 valence electrons. The Labute approximate surface area is 146 Å². The van der Waals surface area contributed by atoms with Crippen molar-refractivity contribution in [3.63, 3.8) is 0 Å². The van der Waals surface area contributed by atoms with Crippen molar-refractivity contribution in [1.82, 2.24) is 30.1 Å². The van der Waals surface area contributed by atoms with E-state index in [1.807, 2.05) is 24.9 Å². The molecule has 1 aliphatic heterocycles. The van der Waals surface area contributed by atoms with Crippen molar-refractivity contribution in [1.29, 1.82) is 0 Å². The normalized spacial score (nSPS) is 15.2. The summed E-state index contributed by atoms with van der Waals surface area (Å²) in [6.45, 7) is 3.35. The fourth-order valence-corrected chi connectivity index (χ4v) is 3.10. The summed E-state index contributed by atoms with van der Waals surface area (Å²) in [5.41, 5.74) is 1.54. The smallest absolute Gasteiger partial charge is 0.321 e. The minimum atomic E-state index is -0.101. The van der Waals surface area contributed by atoms with E-state index >= 15 is 0 Å². The second kappa shape index (κ2) is 7.45. The van der Waals surface area contributed by atoms with Gasteiger partial charge in [-0.15, -0.1) is 5.10 Å². The van der Waals surface area contributed by atoms with E-state index in [-0.39, 0.29) is 11.9 Å². The topological polar surface area (TPSA) is 98.1 Å². The van der Waals surface area contributed by atoms with Crippen molar-refractivity contribution >= 4 is 11.7 Å². The first-order chi connectivity index (χ1) is 12.1. The van der Waals surface area contributed by atoms with Crippen LogP contribution in [0.1, 0.15) is 37.2 Å². The first kappa shape index (κ1) is 17.1. The number of nitrogens with zero attached hydrogens (tertiary/aromatic N) is 6. The van der Waals surface area contributed by atoms with Gasteiger partial charge in [0.15, 0.2) is 5.82 Å². The maximum atomic E-state index is 12.6. The zero-order valence-corrected chi connectivity index (χ0v) is 14.8. The molecule has 2 aromatic rings. The lowest BCUT2D eigenvalue weighted by atomic mass is 9.96. The third-order valence-electron chi connectivity index (χ3n) is 4.53. The highest BCUT2D eigenvalue weighted by atomic mass is 16.5. The van der Waals surface area contributed by atoms with E-state index < -0.39 is 0 Å². The lowest BCUT2D eigenvalue weighted by Gasteiger charge is -2.31.